The Hall–Kier alpha value is -3.71. The lowest BCUT2D eigenvalue weighted by molar-refractivity contribution is -0.115. The zero-order chi connectivity index (χ0) is 22.5. The maximum absolute atomic E-state index is 12.0. The lowest BCUT2D eigenvalue weighted by Crippen LogP contribution is -2.32. The van der Waals surface area contributed by atoms with Crippen LogP contribution in [0.5, 0.6) is 0 Å². The monoisotopic (exact) mass is 445 g/mol. The summed E-state index contributed by atoms with van der Waals surface area (Å²) in [5.74, 6) is 1.28. The van der Waals surface area contributed by atoms with Crippen molar-refractivity contribution < 1.29 is 13.6 Å². The van der Waals surface area contributed by atoms with Crippen molar-refractivity contribution in [2.75, 3.05) is 5.32 Å². The number of rotatable bonds is 6. The van der Waals surface area contributed by atoms with Crippen LogP contribution in [0.3, 0.4) is 0 Å². The summed E-state index contributed by atoms with van der Waals surface area (Å²) in [6, 6.07) is 17.2. The van der Waals surface area contributed by atoms with Gasteiger partial charge in [-0.1, -0.05) is 19.9 Å². The third-order valence-electron chi connectivity index (χ3n) is 5.16. The standard InChI is InChI=1S/C25H23N3O3S/c1-3-16(2)18-8-12-22-21(15-18)27-24(31-22)17-6-9-19(10-7-17)26-25(32)28-23(29)13-11-20-5-4-14-30-20/h4-16H,3H2,1-2H3,(H2,26,28,29,32)/b13-11+. The highest BCUT2D eigenvalue weighted by Crippen LogP contribution is 2.28. The second-order valence-electron chi connectivity index (χ2n) is 7.42. The molecule has 0 aliphatic rings. The van der Waals surface area contributed by atoms with E-state index in [1.54, 1.807) is 24.5 Å². The van der Waals surface area contributed by atoms with E-state index in [9.17, 15) is 4.79 Å². The molecule has 0 saturated carbocycles. The minimum atomic E-state index is -0.348. The average Bonchev–Trinajstić information content (AvgIpc) is 3.46. The number of thiocarbonyl (C=S) groups is 1. The average molecular weight is 446 g/mol. The summed E-state index contributed by atoms with van der Waals surface area (Å²) < 4.78 is 11.1. The molecule has 32 heavy (non-hydrogen) atoms. The molecule has 0 radical (unpaired) electrons. The highest BCUT2D eigenvalue weighted by Gasteiger charge is 2.11. The number of hydrogen-bond donors (Lipinski definition) is 2. The number of amides is 1. The largest absolute Gasteiger partial charge is 0.465 e. The normalized spacial score (nSPS) is 12.2. The molecule has 1 unspecified atom stereocenters. The Morgan fingerprint density at radius 1 is 1.19 bits per heavy atom. The summed E-state index contributed by atoms with van der Waals surface area (Å²) in [6.45, 7) is 4.38. The minimum absolute atomic E-state index is 0.200. The van der Waals surface area contributed by atoms with E-state index >= 15 is 0 Å². The number of aromatic nitrogens is 1. The molecule has 0 spiro atoms. The van der Waals surface area contributed by atoms with Crippen LogP contribution in [0, 0.1) is 0 Å². The summed E-state index contributed by atoms with van der Waals surface area (Å²) in [4.78, 5) is 16.6. The predicted octanol–water partition coefficient (Wildman–Crippen LogP) is 6.13. The first-order valence-corrected chi connectivity index (χ1v) is 10.8. The van der Waals surface area contributed by atoms with Crippen molar-refractivity contribution in [3.63, 3.8) is 0 Å². The van der Waals surface area contributed by atoms with Crippen LogP contribution in [0.25, 0.3) is 28.6 Å². The summed E-state index contributed by atoms with van der Waals surface area (Å²) in [7, 11) is 0. The molecule has 6 nitrogen and oxygen atoms in total. The van der Waals surface area contributed by atoms with E-state index in [0.29, 0.717) is 17.6 Å². The second-order valence-corrected chi connectivity index (χ2v) is 7.83. The Kier molecular flexibility index (Phi) is 6.47. The van der Waals surface area contributed by atoms with Crippen molar-refractivity contribution in [3.05, 3.63) is 78.3 Å². The van der Waals surface area contributed by atoms with Crippen molar-refractivity contribution in [2.24, 2.45) is 0 Å². The number of nitrogens with zero attached hydrogens (tertiary/aromatic N) is 1. The van der Waals surface area contributed by atoms with Gasteiger partial charge in [0.05, 0.1) is 6.26 Å². The molecule has 4 aromatic rings. The zero-order valence-corrected chi connectivity index (χ0v) is 18.6. The molecule has 0 fully saturated rings. The first-order chi connectivity index (χ1) is 15.5. The molecule has 0 saturated heterocycles. The minimum Gasteiger partial charge on any atom is -0.465 e. The Balaban J connectivity index is 1.39. The SMILES string of the molecule is CCC(C)c1ccc2oc(-c3ccc(NC(=S)NC(=O)/C=C/c4ccco4)cc3)nc2c1. The van der Waals surface area contributed by atoms with Crippen molar-refractivity contribution in [1.82, 2.24) is 10.3 Å². The molecule has 0 aliphatic heterocycles. The number of furan rings is 1. The third kappa shape index (κ3) is 5.12. The zero-order valence-electron chi connectivity index (χ0n) is 17.8. The number of carbonyl (C=O) groups excluding carboxylic acids is 1. The van der Waals surface area contributed by atoms with Gasteiger partial charge in [-0.3, -0.25) is 10.1 Å². The highest BCUT2D eigenvalue weighted by molar-refractivity contribution is 7.80. The van der Waals surface area contributed by atoms with Gasteiger partial charge in [-0.2, -0.15) is 0 Å². The number of nitrogens with one attached hydrogen (secondary N) is 2. The number of fused-ring (bicyclic) bond motifs is 1. The first-order valence-electron chi connectivity index (χ1n) is 10.4. The first kappa shape index (κ1) is 21.5. The topological polar surface area (TPSA) is 80.3 Å². The summed E-state index contributed by atoms with van der Waals surface area (Å²) >= 11 is 5.21. The van der Waals surface area contributed by atoms with Crippen LogP contribution in [0.2, 0.25) is 0 Å². The van der Waals surface area contributed by atoms with Crippen molar-refractivity contribution in [1.29, 1.82) is 0 Å². The van der Waals surface area contributed by atoms with E-state index in [1.807, 2.05) is 30.3 Å². The fourth-order valence-electron chi connectivity index (χ4n) is 3.17. The number of oxazole rings is 1. The lowest BCUT2D eigenvalue weighted by Gasteiger charge is -2.08. The van der Waals surface area contributed by atoms with Crippen LogP contribution in [-0.4, -0.2) is 16.0 Å². The lowest BCUT2D eigenvalue weighted by atomic mass is 9.98. The van der Waals surface area contributed by atoms with Crippen molar-refractivity contribution >= 4 is 46.1 Å². The van der Waals surface area contributed by atoms with E-state index < -0.39 is 0 Å². The van der Waals surface area contributed by atoms with Gasteiger partial charge in [0.2, 0.25) is 11.8 Å². The smallest absolute Gasteiger partial charge is 0.250 e. The van der Waals surface area contributed by atoms with E-state index in [-0.39, 0.29) is 11.0 Å². The molecule has 2 heterocycles. The van der Waals surface area contributed by atoms with Crippen LogP contribution in [0.4, 0.5) is 5.69 Å². The van der Waals surface area contributed by atoms with E-state index in [4.69, 9.17) is 21.1 Å². The molecule has 7 heteroatoms. The molecule has 162 valence electrons. The van der Waals surface area contributed by atoms with Gasteiger partial charge in [0, 0.05) is 17.3 Å². The van der Waals surface area contributed by atoms with Gasteiger partial charge in [-0.15, -0.1) is 0 Å². The van der Waals surface area contributed by atoms with Gasteiger partial charge < -0.3 is 14.2 Å². The summed E-state index contributed by atoms with van der Waals surface area (Å²) in [5, 5.41) is 5.79. The molecular formula is C25H23N3O3S. The van der Waals surface area contributed by atoms with Gasteiger partial charge in [-0.05, 0) is 84.7 Å². The molecule has 0 aliphatic carbocycles. The maximum Gasteiger partial charge on any atom is 0.250 e. The highest BCUT2D eigenvalue weighted by atomic mass is 32.1. The molecule has 2 N–H and O–H groups in total. The quantitative estimate of drug-likeness (QED) is 0.275. The molecule has 4 rings (SSSR count). The van der Waals surface area contributed by atoms with Crippen LogP contribution >= 0.6 is 12.2 Å². The van der Waals surface area contributed by atoms with Gasteiger partial charge in [0.1, 0.15) is 11.3 Å². The Bertz CT molecular complexity index is 1260. The molecule has 1 atom stereocenters. The summed E-state index contributed by atoms with van der Waals surface area (Å²) in [5.41, 5.74) is 4.47. The van der Waals surface area contributed by atoms with E-state index in [1.165, 1.54) is 11.6 Å². The van der Waals surface area contributed by atoms with Gasteiger partial charge in [0.25, 0.3) is 0 Å². The molecule has 2 aromatic heterocycles. The fourth-order valence-corrected chi connectivity index (χ4v) is 3.38. The second kappa shape index (κ2) is 9.62. The Morgan fingerprint density at radius 2 is 2.00 bits per heavy atom. The fraction of sp³-hybridized carbons (Fsp3) is 0.160. The molecule has 0 bridgehead atoms. The number of benzene rings is 2. The number of carbonyl (C=O) groups is 1. The van der Waals surface area contributed by atoms with Crippen LogP contribution in [-0.2, 0) is 4.79 Å². The van der Waals surface area contributed by atoms with Gasteiger partial charge in [-0.25, -0.2) is 4.98 Å². The van der Waals surface area contributed by atoms with E-state index in [2.05, 4.69) is 41.6 Å². The third-order valence-corrected chi connectivity index (χ3v) is 5.37. The summed E-state index contributed by atoms with van der Waals surface area (Å²) in [6.07, 6.45) is 5.54. The van der Waals surface area contributed by atoms with Crippen LogP contribution in [0.1, 0.15) is 37.5 Å². The molecule has 2 aromatic carbocycles. The van der Waals surface area contributed by atoms with Gasteiger partial charge >= 0.3 is 0 Å². The van der Waals surface area contributed by atoms with E-state index in [0.717, 1.165) is 28.8 Å². The van der Waals surface area contributed by atoms with Gasteiger partial charge in [0.15, 0.2) is 10.7 Å². The Morgan fingerprint density at radius 3 is 2.72 bits per heavy atom. The van der Waals surface area contributed by atoms with Crippen molar-refractivity contribution in [2.45, 2.75) is 26.2 Å². The Labute approximate surface area is 191 Å². The number of anilines is 1. The van der Waals surface area contributed by atoms with Crippen LogP contribution < -0.4 is 10.6 Å². The van der Waals surface area contributed by atoms with Crippen LogP contribution in [0.15, 0.2) is 75.8 Å². The predicted molar refractivity (Wildman–Crippen MR) is 130 cm³/mol. The maximum atomic E-state index is 12.0. The molecular weight excluding hydrogens is 422 g/mol. The van der Waals surface area contributed by atoms with Crippen molar-refractivity contribution in [3.8, 4) is 11.5 Å². The molecule has 1 amide bonds. The number of hydrogen-bond acceptors (Lipinski definition) is 5.